The summed E-state index contributed by atoms with van der Waals surface area (Å²) in [6, 6.07) is 0. The van der Waals surface area contributed by atoms with E-state index in [0.717, 1.165) is 32.1 Å². The van der Waals surface area contributed by atoms with Gasteiger partial charge in [0.2, 0.25) is 0 Å². The van der Waals surface area contributed by atoms with Crippen molar-refractivity contribution in [2.45, 2.75) is 106 Å². The number of rotatable bonds is 1. The van der Waals surface area contributed by atoms with Crippen LogP contribution in [0.25, 0.3) is 0 Å². The number of ketones is 1. The average molecular weight is 471 g/mol. The highest BCUT2D eigenvalue weighted by atomic mass is 16.4. The summed E-state index contributed by atoms with van der Waals surface area (Å²) in [5, 5.41) is 22.5. The van der Waals surface area contributed by atoms with Gasteiger partial charge in [-0.15, -0.1) is 0 Å². The number of carboxylic acids is 1. The van der Waals surface area contributed by atoms with E-state index in [1.807, 2.05) is 0 Å². The molecular weight excluding hydrogens is 424 g/mol. The molecule has 4 heteroatoms. The quantitative estimate of drug-likeness (QED) is 0.443. The molecule has 0 bridgehead atoms. The highest BCUT2D eigenvalue weighted by Crippen LogP contribution is 2.75. The summed E-state index contributed by atoms with van der Waals surface area (Å²) < 4.78 is 0. The minimum atomic E-state index is -0.661. The SMILES string of the molecule is C[C@H]1[C@H](C)CC[C@]2(C(=O)O)CC[C@]3(C)C(=CCC4[C@@]5(C)CCC(=O)C(C)(C)C5C[C@@H](O)[C@]43C)[C@H]12. The number of carbonyl (C=O) groups excluding carboxylic acids is 1. The molecule has 4 nitrogen and oxygen atoms in total. The molecule has 5 rings (SSSR count). The smallest absolute Gasteiger partial charge is 0.310 e. The molecule has 0 aromatic heterocycles. The van der Waals surface area contributed by atoms with Crippen molar-refractivity contribution in [3.05, 3.63) is 11.6 Å². The minimum absolute atomic E-state index is 0.00321. The number of hydrogen-bond donors (Lipinski definition) is 2. The largest absolute Gasteiger partial charge is 0.481 e. The topological polar surface area (TPSA) is 74.6 Å². The van der Waals surface area contributed by atoms with E-state index in [1.165, 1.54) is 5.57 Å². The van der Waals surface area contributed by atoms with E-state index in [1.54, 1.807) is 0 Å². The van der Waals surface area contributed by atoms with Crippen LogP contribution in [-0.4, -0.2) is 28.1 Å². The first-order valence-corrected chi connectivity index (χ1v) is 13.8. The number of Topliss-reactive ketones (excluding diaryl/α,β-unsaturated/α-hetero) is 1. The normalized spacial score (nSPS) is 54.1. The van der Waals surface area contributed by atoms with Crippen molar-refractivity contribution in [1.82, 2.24) is 0 Å². The standard InChI is InChI=1S/C30H46O4/c1-17-10-13-30(25(33)34)15-14-28(6)19(24(30)18(17)2)8-9-20-27(5)12-11-22(31)26(3,4)21(27)16-23(32)29(20,28)7/h8,17-18,20-21,23-24,32H,9-16H2,1-7H3,(H,33,34)/t17-,18+,20?,21?,23-,24+,27-,28-,29+,30+/m1/s1. The first-order chi connectivity index (χ1) is 15.7. The Balaban J connectivity index is 1.66. The maximum absolute atomic E-state index is 12.9. The average Bonchev–Trinajstić information content (AvgIpc) is 2.76. The zero-order valence-electron chi connectivity index (χ0n) is 22.4. The number of allylic oxidation sites excluding steroid dienone is 2. The molecule has 2 unspecified atom stereocenters. The monoisotopic (exact) mass is 470 g/mol. The molecule has 0 heterocycles. The highest BCUT2D eigenvalue weighted by Gasteiger charge is 2.71. The minimum Gasteiger partial charge on any atom is -0.481 e. The first-order valence-electron chi connectivity index (χ1n) is 13.8. The van der Waals surface area contributed by atoms with Crippen LogP contribution in [-0.2, 0) is 9.59 Å². The molecule has 4 saturated carbocycles. The molecule has 0 spiro atoms. The third-order valence-electron chi connectivity index (χ3n) is 13.2. The molecule has 5 aliphatic rings. The Hall–Kier alpha value is -1.16. The van der Waals surface area contributed by atoms with Gasteiger partial charge >= 0.3 is 5.97 Å². The summed E-state index contributed by atoms with van der Waals surface area (Å²) in [4.78, 5) is 25.7. The third kappa shape index (κ3) is 2.65. The summed E-state index contributed by atoms with van der Waals surface area (Å²) in [5.41, 5.74) is -0.257. The van der Waals surface area contributed by atoms with Gasteiger partial charge in [-0.1, -0.05) is 60.1 Å². The Labute approximate surface area is 206 Å². The van der Waals surface area contributed by atoms with Gasteiger partial charge in [-0.3, -0.25) is 9.59 Å². The predicted octanol–water partition coefficient (Wildman–Crippen LogP) is 6.27. The van der Waals surface area contributed by atoms with Crippen molar-refractivity contribution in [1.29, 1.82) is 0 Å². The molecule has 0 aromatic carbocycles. The number of hydrogen-bond acceptors (Lipinski definition) is 3. The van der Waals surface area contributed by atoms with Gasteiger partial charge in [-0.05, 0) is 85.4 Å². The van der Waals surface area contributed by atoms with E-state index in [2.05, 4.69) is 54.5 Å². The van der Waals surface area contributed by atoms with Gasteiger partial charge in [-0.25, -0.2) is 0 Å². The lowest BCUT2D eigenvalue weighted by Gasteiger charge is -2.71. The number of fused-ring (bicyclic) bond motifs is 7. The van der Waals surface area contributed by atoms with E-state index in [9.17, 15) is 19.8 Å². The van der Waals surface area contributed by atoms with Crippen molar-refractivity contribution >= 4 is 11.8 Å². The Kier molecular flexibility index (Phi) is 5.20. The van der Waals surface area contributed by atoms with Crippen LogP contribution in [0.2, 0.25) is 0 Å². The number of carboxylic acid groups (broad SMARTS) is 1. The van der Waals surface area contributed by atoms with Crippen molar-refractivity contribution < 1.29 is 19.8 Å². The second kappa shape index (κ2) is 7.20. The molecule has 0 aromatic rings. The molecule has 190 valence electrons. The molecule has 0 radical (unpaired) electrons. The maximum Gasteiger partial charge on any atom is 0.310 e. The zero-order chi connectivity index (χ0) is 25.1. The zero-order valence-corrected chi connectivity index (χ0v) is 22.4. The van der Waals surface area contributed by atoms with E-state index in [-0.39, 0.29) is 28.1 Å². The molecular formula is C30H46O4. The molecule has 34 heavy (non-hydrogen) atoms. The summed E-state index contributed by atoms with van der Waals surface area (Å²) in [6.07, 6.45) is 8.35. The predicted molar refractivity (Wildman–Crippen MR) is 133 cm³/mol. The fourth-order valence-electron chi connectivity index (χ4n) is 10.6. The Bertz CT molecular complexity index is 949. The Morgan fingerprint density at radius 2 is 1.68 bits per heavy atom. The lowest BCUT2D eigenvalue weighted by molar-refractivity contribution is -0.228. The Morgan fingerprint density at radius 1 is 1.00 bits per heavy atom. The van der Waals surface area contributed by atoms with Crippen LogP contribution in [0.5, 0.6) is 0 Å². The van der Waals surface area contributed by atoms with Crippen LogP contribution in [0, 0.1) is 56.7 Å². The summed E-state index contributed by atoms with van der Waals surface area (Å²) in [5.74, 6) is 1.09. The molecule has 0 aliphatic heterocycles. The number of carbonyl (C=O) groups is 2. The van der Waals surface area contributed by atoms with Crippen molar-refractivity contribution in [3.63, 3.8) is 0 Å². The van der Waals surface area contributed by atoms with Crippen LogP contribution in [0.1, 0.15) is 99.8 Å². The summed E-state index contributed by atoms with van der Waals surface area (Å²) in [7, 11) is 0. The molecule has 0 amide bonds. The van der Waals surface area contributed by atoms with Gasteiger partial charge in [-0.2, -0.15) is 0 Å². The van der Waals surface area contributed by atoms with E-state index in [0.29, 0.717) is 42.8 Å². The van der Waals surface area contributed by atoms with Crippen LogP contribution < -0.4 is 0 Å². The van der Waals surface area contributed by atoms with Gasteiger partial charge in [0.25, 0.3) is 0 Å². The van der Waals surface area contributed by atoms with E-state index in [4.69, 9.17) is 0 Å². The second-order valence-electron chi connectivity index (χ2n) is 14.3. The van der Waals surface area contributed by atoms with Gasteiger partial charge < -0.3 is 10.2 Å². The van der Waals surface area contributed by atoms with Crippen molar-refractivity contribution in [2.24, 2.45) is 56.7 Å². The van der Waals surface area contributed by atoms with Gasteiger partial charge in [0, 0.05) is 17.3 Å². The van der Waals surface area contributed by atoms with Crippen LogP contribution in [0.3, 0.4) is 0 Å². The lowest BCUT2D eigenvalue weighted by atomic mass is 9.33. The molecule has 5 aliphatic carbocycles. The molecule has 4 fully saturated rings. The van der Waals surface area contributed by atoms with Crippen LogP contribution >= 0.6 is 0 Å². The fraction of sp³-hybridized carbons (Fsp3) is 0.867. The Morgan fingerprint density at radius 3 is 2.32 bits per heavy atom. The number of aliphatic hydroxyl groups is 1. The maximum atomic E-state index is 12.9. The molecule has 0 saturated heterocycles. The van der Waals surface area contributed by atoms with Crippen LogP contribution in [0.15, 0.2) is 11.6 Å². The highest BCUT2D eigenvalue weighted by molar-refractivity contribution is 5.85. The van der Waals surface area contributed by atoms with Crippen LogP contribution in [0.4, 0.5) is 0 Å². The number of aliphatic hydroxyl groups excluding tert-OH is 1. The lowest BCUT2D eigenvalue weighted by Crippen LogP contribution is -2.69. The third-order valence-corrected chi connectivity index (χ3v) is 13.2. The van der Waals surface area contributed by atoms with Crippen molar-refractivity contribution in [2.75, 3.05) is 0 Å². The number of aliphatic carboxylic acids is 1. The van der Waals surface area contributed by atoms with Crippen molar-refractivity contribution in [3.8, 4) is 0 Å². The molecule has 10 atom stereocenters. The second-order valence-corrected chi connectivity index (χ2v) is 14.3. The van der Waals surface area contributed by atoms with Gasteiger partial charge in [0.05, 0.1) is 11.5 Å². The summed E-state index contributed by atoms with van der Waals surface area (Å²) >= 11 is 0. The van der Waals surface area contributed by atoms with Gasteiger partial charge in [0.15, 0.2) is 0 Å². The summed E-state index contributed by atoms with van der Waals surface area (Å²) in [6.45, 7) is 15.9. The van der Waals surface area contributed by atoms with E-state index >= 15 is 0 Å². The van der Waals surface area contributed by atoms with E-state index < -0.39 is 22.9 Å². The van der Waals surface area contributed by atoms with Gasteiger partial charge in [0.1, 0.15) is 5.78 Å². The fourth-order valence-corrected chi connectivity index (χ4v) is 10.6. The molecule has 2 N–H and O–H groups in total. The first kappa shape index (κ1) is 24.5.